The van der Waals surface area contributed by atoms with Crippen molar-refractivity contribution in [3.63, 3.8) is 0 Å². The van der Waals surface area contributed by atoms with Gasteiger partial charge in [-0.2, -0.15) is 0 Å². The molecule has 0 saturated carbocycles. The van der Waals surface area contributed by atoms with Gasteiger partial charge in [0.05, 0.1) is 13.2 Å². The van der Waals surface area contributed by atoms with Gasteiger partial charge in [0, 0.05) is 22.5 Å². The number of ether oxygens (including phenoxy) is 2. The van der Waals surface area contributed by atoms with Crippen molar-refractivity contribution in [1.82, 2.24) is 6.15 Å². The molecule has 0 radical (unpaired) electrons. The second-order valence-corrected chi connectivity index (χ2v) is 5.18. The summed E-state index contributed by atoms with van der Waals surface area (Å²) in [6, 6.07) is 0. The fourth-order valence-corrected chi connectivity index (χ4v) is 1.31. The third-order valence-electron chi connectivity index (χ3n) is 2.96. The van der Waals surface area contributed by atoms with Crippen molar-refractivity contribution in [3.8, 4) is 0 Å². The minimum absolute atomic E-state index is 0. The predicted octanol–water partition coefficient (Wildman–Crippen LogP) is 1.14. The molecule has 0 aromatic rings. The second-order valence-electron chi connectivity index (χ2n) is 5.18. The molecule has 0 aliphatic heterocycles. The molecule has 7 heteroatoms. The summed E-state index contributed by atoms with van der Waals surface area (Å²) < 4.78 is 9.73. The van der Waals surface area contributed by atoms with E-state index in [1.807, 2.05) is 0 Å². The van der Waals surface area contributed by atoms with Gasteiger partial charge in [-0.25, -0.2) is 9.59 Å². The molecule has 0 bridgehead atoms. The highest BCUT2D eigenvalue weighted by molar-refractivity contribution is 5.87. The van der Waals surface area contributed by atoms with E-state index in [0.717, 1.165) is 0 Å². The molecule has 0 atom stereocenters. The zero-order chi connectivity index (χ0) is 16.6. The van der Waals surface area contributed by atoms with E-state index in [0.29, 0.717) is 0 Å². The predicted molar refractivity (Wildman–Crippen MR) is 79.9 cm³/mol. The van der Waals surface area contributed by atoms with Crippen molar-refractivity contribution in [2.75, 3.05) is 13.2 Å². The number of carboxylic acid groups (broad SMARTS) is 1. The first-order valence-corrected chi connectivity index (χ1v) is 6.47. The third kappa shape index (κ3) is 7.58. The molecule has 0 rings (SSSR count). The van der Waals surface area contributed by atoms with Gasteiger partial charge in [0.2, 0.25) is 0 Å². The van der Waals surface area contributed by atoms with Gasteiger partial charge in [0.1, 0.15) is 0 Å². The van der Waals surface area contributed by atoms with Crippen LogP contribution in [0.25, 0.3) is 0 Å². The number of hydrogen-bond acceptors (Lipinski definition) is 6. The maximum absolute atomic E-state index is 11.2. The molecule has 0 aliphatic rings. The number of quaternary nitrogens is 1. The number of rotatable bonds is 9. The molecular formula is C15H25NO6. The Kier molecular flexibility index (Phi) is 9.79. The molecule has 0 amide bonds. The molecule has 0 aromatic carbocycles. The van der Waals surface area contributed by atoms with Crippen molar-refractivity contribution in [2.24, 2.45) is 5.41 Å². The minimum Gasteiger partial charge on any atom is -0.550 e. The zero-order valence-corrected chi connectivity index (χ0v) is 13.7. The van der Waals surface area contributed by atoms with Crippen LogP contribution in [-0.4, -0.2) is 31.1 Å². The smallest absolute Gasteiger partial charge is 0.333 e. The Labute approximate surface area is 130 Å². The van der Waals surface area contributed by atoms with Gasteiger partial charge in [-0.15, -0.1) is 0 Å². The number of carbonyl (C=O) groups is 3. The topological polar surface area (TPSA) is 129 Å². The molecule has 0 saturated heterocycles. The van der Waals surface area contributed by atoms with E-state index >= 15 is 0 Å². The molecule has 7 nitrogen and oxygen atoms in total. The average molecular weight is 315 g/mol. The zero-order valence-electron chi connectivity index (χ0n) is 13.7. The van der Waals surface area contributed by atoms with Crippen molar-refractivity contribution >= 4 is 17.9 Å². The monoisotopic (exact) mass is 315 g/mol. The van der Waals surface area contributed by atoms with Crippen molar-refractivity contribution in [3.05, 3.63) is 24.3 Å². The standard InChI is InChI=1S/C15H22O6.H3N/c1-10(2)12(16)20-8-6-15(5,14(18)19)7-9-21-13(17)11(3)4;/h1,3,6-9H2,2,4-5H3,(H,18,19);1H3. The van der Waals surface area contributed by atoms with Crippen LogP contribution in [0, 0.1) is 5.41 Å². The van der Waals surface area contributed by atoms with Gasteiger partial charge < -0.3 is 25.5 Å². The number of hydrogen-bond donors (Lipinski definition) is 1. The van der Waals surface area contributed by atoms with Crippen LogP contribution in [0.3, 0.4) is 0 Å². The van der Waals surface area contributed by atoms with Gasteiger partial charge in [-0.3, -0.25) is 0 Å². The van der Waals surface area contributed by atoms with Gasteiger partial charge in [0.25, 0.3) is 0 Å². The molecule has 0 fully saturated rings. The number of carbonyl (C=O) groups excluding carboxylic acids is 3. The van der Waals surface area contributed by atoms with E-state index in [1.54, 1.807) is 0 Å². The third-order valence-corrected chi connectivity index (χ3v) is 2.96. The normalized spacial score (nSPS) is 10.1. The summed E-state index contributed by atoms with van der Waals surface area (Å²) in [6.07, 6.45) is 0.109. The Morgan fingerprint density at radius 1 is 0.955 bits per heavy atom. The lowest BCUT2D eigenvalue weighted by Gasteiger charge is -2.30. The molecule has 0 spiro atoms. The molecule has 0 aliphatic carbocycles. The molecule has 126 valence electrons. The number of aliphatic carboxylic acids is 1. The first-order chi connectivity index (χ1) is 9.60. The summed E-state index contributed by atoms with van der Waals surface area (Å²) in [5, 5.41) is 11.2. The van der Waals surface area contributed by atoms with Crippen molar-refractivity contribution < 1.29 is 29.0 Å². The summed E-state index contributed by atoms with van der Waals surface area (Å²) in [6.45, 7) is 11.1. The van der Waals surface area contributed by atoms with Gasteiger partial charge in [-0.1, -0.05) is 20.1 Å². The minimum atomic E-state index is -1.29. The van der Waals surface area contributed by atoms with E-state index in [-0.39, 0.29) is 43.4 Å². The van der Waals surface area contributed by atoms with Crippen LogP contribution in [0.5, 0.6) is 0 Å². The van der Waals surface area contributed by atoms with Gasteiger partial charge in [-0.05, 0) is 26.7 Å². The molecule has 0 heterocycles. The maximum Gasteiger partial charge on any atom is 0.333 e. The molecule has 22 heavy (non-hydrogen) atoms. The highest BCUT2D eigenvalue weighted by atomic mass is 16.5. The quantitative estimate of drug-likeness (QED) is 0.501. The maximum atomic E-state index is 11.2. The Bertz CT molecular complexity index is 423. The van der Waals surface area contributed by atoms with E-state index in [4.69, 9.17) is 9.47 Å². The highest BCUT2D eigenvalue weighted by Crippen LogP contribution is 2.25. The fraction of sp³-hybridized carbons (Fsp3) is 0.533. The largest absolute Gasteiger partial charge is 0.550 e. The van der Waals surface area contributed by atoms with E-state index in [9.17, 15) is 19.5 Å². The van der Waals surface area contributed by atoms with E-state index in [2.05, 4.69) is 13.2 Å². The Balaban J connectivity index is 0. The fourth-order valence-electron chi connectivity index (χ4n) is 1.31. The van der Waals surface area contributed by atoms with Crippen molar-refractivity contribution in [1.29, 1.82) is 0 Å². The van der Waals surface area contributed by atoms with Gasteiger partial charge in [0.15, 0.2) is 0 Å². The number of carboxylic acids is 1. The van der Waals surface area contributed by atoms with Crippen LogP contribution in [-0.2, 0) is 23.9 Å². The average Bonchev–Trinajstić information content (AvgIpc) is 2.37. The van der Waals surface area contributed by atoms with E-state index in [1.165, 1.54) is 20.8 Å². The Hall–Kier alpha value is -2.15. The molecule has 4 N–H and O–H groups in total. The lowest BCUT2D eigenvalue weighted by molar-refractivity contribution is -0.319. The number of esters is 2. The molecular weight excluding hydrogens is 290 g/mol. The van der Waals surface area contributed by atoms with Gasteiger partial charge >= 0.3 is 11.9 Å². The SMILES string of the molecule is C=C(C)C(=O)OCCC(C)(CCOC(=O)C(=C)C)C(=O)[O-].[NH4+]. The first kappa shape index (κ1) is 22.1. The Morgan fingerprint density at radius 2 is 1.27 bits per heavy atom. The summed E-state index contributed by atoms with van der Waals surface area (Å²) in [5.41, 5.74) is -0.786. The summed E-state index contributed by atoms with van der Waals surface area (Å²) in [5.74, 6) is -2.45. The van der Waals surface area contributed by atoms with Crippen LogP contribution in [0.2, 0.25) is 0 Å². The summed E-state index contributed by atoms with van der Waals surface area (Å²) in [4.78, 5) is 33.6. The second kappa shape index (κ2) is 9.73. The van der Waals surface area contributed by atoms with Crippen LogP contribution in [0.4, 0.5) is 0 Å². The lowest BCUT2D eigenvalue weighted by Crippen LogP contribution is -2.42. The first-order valence-electron chi connectivity index (χ1n) is 6.47. The van der Waals surface area contributed by atoms with Crippen molar-refractivity contribution in [2.45, 2.75) is 33.6 Å². The van der Waals surface area contributed by atoms with Crippen LogP contribution in [0.1, 0.15) is 33.6 Å². The molecule has 0 unspecified atom stereocenters. The summed E-state index contributed by atoms with van der Waals surface area (Å²) in [7, 11) is 0. The Morgan fingerprint density at radius 3 is 1.50 bits per heavy atom. The highest BCUT2D eigenvalue weighted by Gasteiger charge is 2.27. The lowest BCUT2D eigenvalue weighted by atomic mass is 9.84. The van der Waals surface area contributed by atoms with Crippen LogP contribution < -0.4 is 11.3 Å². The summed E-state index contributed by atoms with van der Waals surface area (Å²) >= 11 is 0. The van der Waals surface area contributed by atoms with E-state index < -0.39 is 23.3 Å². The van der Waals surface area contributed by atoms with Crippen LogP contribution >= 0.6 is 0 Å². The van der Waals surface area contributed by atoms with Crippen LogP contribution in [0.15, 0.2) is 24.3 Å². The molecule has 0 aromatic heterocycles.